The lowest BCUT2D eigenvalue weighted by Crippen LogP contribution is -2.40. The summed E-state index contributed by atoms with van der Waals surface area (Å²) in [5.41, 5.74) is 0.587. The molecule has 1 amide bonds. The Morgan fingerprint density at radius 3 is 2.91 bits per heavy atom. The first kappa shape index (κ1) is 17.7. The van der Waals surface area contributed by atoms with Gasteiger partial charge in [0, 0.05) is 24.7 Å². The molecule has 7 heteroatoms. The number of likely N-dealkylation sites (N-methyl/N-ethyl adjacent to an activating group) is 1. The lowest BCUT2D eigenvalue weighted by atomic mass is 10.1. The standard InChI is InChI=1S/C16H22N2O4.ClH/c1-17-10-12-4-3-5-18(12)16(19)11-8-13(20-2)15-14(9-11)21-6-7-22-15;/h8-9,12,17H,3-7,10H2,1-2H3;1H. The van der Waals surface area contributed by atoms with E-state index in [-0.39, 0.29) is 24.4 Å². The van der Waals surface area contributed by atoms with Crippen LogP contribution in [-0.2, 0) is 0 Å². The van der Waals surface area contributed by atoms with Crippen LogP contribution >= 0.6 is 12.4 Å². The van der Waals surface area contributed by atoms with Gasteiger partial charge in [0.25, 0.3) is 5.91 Å². The van der Waals surface area contributed by atoms with Gasteiger partial charge in [-0.05, 0) is 32.0 Å². The minimum absolute atomic E-state index is 0. The van der Waals surface area contributed by atoms with Crippen LogP contribution < -0.4 is 19.5 Å². The zero-order valence-corrected chi connectivity index (χ0v) is 14.3. The molecule has 0 saturated carbocycles. The van der Waals surface area contributed by atoms with Gasteiger partial charge in [-0.1, -0.05) is 0 Å². The molecule has 0 aliphatic carbocycles. The molecule has 0 bridgehead atoms. The van der Waals surface area contributed by atoms with Crippen molar-refractivity contribution in [3.63, 3.8) is 0 Å². The third-order valence-electron chi connectivity index (χ3n) is 4.15. The number of rotatable bonds is 4. The molecular formula is C16H23ClN2O4. The highest BCUT2D eigenvalue weighted by Crippen LogP contribution is 2.40. The average molecular weight is 343 g/mol. The van der Waals surface area contributed by atoms with Gasteiger partial charge in [0.2, 0.25) is 5.75 Å². The lowest BCUT2D eigenvalue weighted by Gasteiger charge is -2.26. The largest absolute Gasteiger partial charge is 0.493 e. The highest BCUT2D eigenvalue weighted by atomic mass is 35.5. The van der Waals surface area contributed by atoms with Crippen LogP contribution in [0.25, 0.3) is 0 Å². The Labute approximate surface area is 142 Å². The van der Waals surface area contributed by atoms with Crippen LogP contribution in [0.15, 0.2) is 12.1 Å². The van der Waals surface area contributed by atoms with E-state index in [1.54, 1.807) is 19.2 Å². The molecule has 0 aromatic heterocycles. The number of nitrogens with one attached hydrogen (secondary N) is 1. The molecular weight excluding hydrogens is 320 g/mol. The molecule has 2 heterocycles. The minimum Gasteiger partial charge on any atom is -0.493 e. The van der Waals surface area contributed by atoms with Crippen molar-refractivity contribution in [3.8, 4) is 17.2 Å². The van der Waals surface area contributed by atoms with Crippen molar-refractivity contribution in [1.29, 1.82) is 0 Å². The Morgan fingerprint density at radius 1 is 1.39 bits per heavy atom. The fraction of sp³-hybridized carbons (Fsp3) is 0.562. The van der Waals surface area contributed by atoms with Crippen molar-refractivity contribution in [3.05, 3.63) is 17.7 Å². The minimum atomic E-state index is 0. The number of hydrogen-bond donors (Lipinski definition) is 1. The summed E-state index contributed by atoms with van der Waals surface area (Å²) in [6, 6.07) is 3.75. The smallest absolute Gasteiger partial charge is 0.254 e. The molecule has 1 aromatic rings. The molecule has 1 unspecified atom stereocenters. The molecule has 1 aromatic carbocycles. The van der Waals surface area contributed by atoms with Crippen molar-refractivity contribution in [1.82, 2.24) is 10.2 Å². The molecule has 1 atom stereocenters. The van der Waals surface area contributed by atoms with Gasteiger partial charge in [-0.3, -0.25) is 4.79 Å². The topological polar surface area (TPSA) is 60.0 Å². The van der Waals surface area contributed by atoms with Crippen LogP contribution in [0, 0.1) is 0 Å². The summed E-state index contributed by atoms with van der Waals surface area (Å²) in [5.74, 6) is 1.73. The van der Waals surface area contributed by atoms with E-state index in [4.69, 9.17) is 14.2 Å². The van der Waals surface area contributed by atoms with Crippen LogP contribution in [0.5, 0.6) is 17.2 Å². The highest BCUT2D eigenvalue weighted by Gasteiger charge is 2.30. The van der Waals surface area contributed by atoms with Crippen molar-refractivity contribution >= 4 is 18.3 Å². The Kier molecular flexibility index (Phi) is 5.96. The van der Waals surface area contributed by atoms with E-state index in [0.717, 1.165) is 25.9 Å². The van der Waals surface area contributed by atoms with Gasteiger partial charge in [0.05, 0.1) is 7.11 Å². The highest BCUT2D eigenvalue weighted by molar-refractivity contribution is 5.96. The Bertz CT molecular complexity index is 550. The predicted molar refractivity (Wildman–Crippen MR) is 89.2 cm³/mol. The number of nitrogens with zero attached hydrogens (tertiary/aromatic N) is 1. The first-order chi connectivity index (χ1) is 10.7. The Balaban J connectivity index is 0.00000192. The molecule has 1 N–H and O–H groups in total. The van der Waals surface area contributed by atoms with Gasteiger partial charge in [-0.15, -0.1) is 12.4 Å². The molecule has 0 spiro atoms. The zero-order valence-electron chi connectivity index (χ0n) is 13.5. The average Bonchev–Trinajstić information content (AvgIpc) is 3.01. The van der Waals surface area contributed by atoms with Crippen LogP contribution in [-0.4, -0.2) is 57.3 Å². The van der Waals surface area contributed by atoms with Crippen LogP contribution in [0.2, 0.25) is 0 Å². The molecule has 2 aliphatic rings. The van der Waals surface area contributed by atoms with Gasteiger partial charge in [-0.2, -0.15) is 0 Å². The maximum absolute atomic E-state index is 12.8. The molecule has 1 fully saturated rings. The summed E-state index contributed by atoms with van der Waals surface area (Å²) < 4.78 is 16.5. The number of benzene rings is 1. The first-order valence-electron chi connectivity index (χ1n) is 7.67. The first-order valence-corrected chi connectivity index (χ1v) is 7.67. The lowest BCUT2D eigenvalue weighted by molar-refractivity contribution is 0.0735. The number of fused-ring (bicyclic) bond motifs is 1. The van der Waals surface area contributed by atoms with Crippen LogP contribution in [0.1, 0.15) is 23.2 Å². The van der Waals surface area contributed by atoms with Gasteiger partial charge < -0.3 is 24.4 Å². The number of halogens is 1. The predicted octanol–water partition coefficient (Wildman–Crippen LogP) is 1.71. The maximum atomic E-state index is 12.8. The van der Waals surface area contributed by atoms with E-state index in [1.165, 1.54) is 0 Å². The van der Waals surface area contributed by atoms with Crippen molar-refractivity contribution in [2.75, 3.05) is 40.5 Å². The van der Waals surface area contributed by atoms with Gasteiger partial charge in [-0.25, -0.2) is 0 Å². The second-order valence-corrected chi connectivity index (χ2v) is 5.55. The second kappa shape index (κ2) is 7.75. The number of hydrogen-bond acceptors (Lipinski definition) is 5. The summed E-state index contributed by atoms with van der Waals surface area (Å²) in [5, 5.41) is 3.16. The van der Waals surface area contributed by atoms with Crippen LogP contribution in [0.4, 0.5) is 0 Å². The summed E-state index contributed by atoms with van der Waals surface area (Å²) in [6.07, 6.45) is 2.08. The van der Waals surface area contributed by atoms with E-state index in [9.17, 15) is 4.79 Å². The quantitative estimate of drug-likeness (QED) is 0.902. The molecule has 1 saturated heterocycles. The summed E-state index contributed by atoms with van der Waals surface area (Å²) in [7, 11) is 3.48. The molecule has 23 heavy (non-hydrogen) atoms. The monoisotopic (exact) mass is 342 g/mol. The van der Waals surface area contributed by atoms with Gasteiger partial charge in [0.1, 0.15) is 13.2 Å². The molecule has 0 radical (unpaired) electrons. The Hall–Kier alpha value is -1.66. The van der Waals surface area contributed by atoms with Crippen molar-refractivity contribution in [2.45, 2.75) is 18.9 Å². The third-order valence-corrected chi connectivity index (χ3v) is 4.15. The second-order valence-electron chi connectivity index (χ2n) is 5.55. The third kappa shape index (κ3) is 3.48. The van der Waals surface area contributed by atoms with Gasteiger partial charge in [0.15, 0.2) is 11.5 Å². The van der Waals surface area contributed by atoms with E-state index >= 15 is 0 Å². The molecule has 128 valence electrons. The van der Waals surface area contributed by atoms with E-state index in [1.807, 2.05) is 11.9 Å². The molecule has 6 nitrogen and oxygen atoms in total. The molecule has 2 aliphatic heterocycles. The van der Waals surface area contributed by atoms with Crippen molar-refractivity contribution < 1.29 is 19.0 Å². The number of likely N-dealkylation sites (tertiary alicyclic amines) is 1. The van der Waals surface area contributed by atoms with E-state index in [2.05, 4.69) is 5.32 Å². The normalized spacial score (nSPS) is 19.2. The number of carbonyl (C=O) groups excluding carboxylic acids is 1. The van der Waals surface area contributed by atoms with Crippen molar-refractivity contribution in [2.24, 2.45) is 0 Å². The Morgan fingerprint density at radius 2 is 2.17 bits per heavy atom. The fourth-order valence-corrected chi connectivity index (χ4v) is 3.11. The van der Waals surface area contributed by atoms with E-state index < -0.39 is 0 Å². The summed E-state index contributed by atoms with van der Waals surface area (Å²) in [4.78, 5) is 14.8. The number of amides is 1. The number of carbonyl (C=O) groups is 1. The SMILES string of the molecule is CNCC1CCCN1C(=O)c1cc(OC)c2c(c1)OCCO2.Cl. The summed E-state index contributed by atoms with van der Waals surface area (Å²) >= 11 is 0. The maximum Gasteiger partial charge on any atom is 0.254 e. The number of ether oxygens (including phenoxy) is 3. The summed E-state index contributed by atoms with van der Waals surface area (Å²) in [6.45, 7) is 2.59. The van der Waals surface area contributed by atoms with Crippen LogP contribution in [0.3, 0.4) is 0 Å². The van der Waals surface area contributed by atoms with E-state index in [0.29, 0.717) is 36.0 Å². The molecule has 3 rings (SSSR count). The zero-order chi connectivity index (χ0) is 15.5. The number of methoxy groups -OCH3 is 1. The fourth-order valence-electron chi connectivity index (χ4n) is 3.11. The van der Waals surface area contributed by atoms with Gasteiger partial charge >= 0.3 is 0 Å².